The highest BCUT2D eigenvalue weighted by Gasteiger charge is 2.48. The van der Waals surface area contributed by atoms with E-state index < -0.39 is 10.0 Å². The molecule has 6 nitrogen and oxygen atoms in total. The SMILES string of the molecule is Cc1ccc(S(=O)(=O)NCCNC(=O)C2C3CCC(C3)C2N)cc1. The molecule has 3 rings (SSSR count). The molecule has 7 heteroatoms. The quantitative estimate of drug-likeness (QED) is 0.659. The fourth-order valence-corrected chi connectivity index (χ4v) is 5.05. The Kier molecular flexibility index (Phi) is 4.94. The number of fused-ring (bicyclic) bond motifs is 2. The van der Waals surface area contributed by atoms with Gasteiger partial charge >= 0.3 is 0 Å². The van der Waals surface area contributed by atoms with Gasteiger partial charge in [0.1, 0.15) is 0 Å². The van der Waals surface area contributed by atoms with E-state index in [1.807, 2.05) is 6.92 Å². The highest BCUT2D eigenvalue weighted by Crippen LogP contribution is 2.47. The van der Waals surface area contributed by atoms with Gasteiger partial charge in [0.25, 0.3) is 0 Å². The third kappa shape index (κ3) is 3.48. The van der Waals surface area contributed by atoms with Crippen molar-refractivity contribution in [2.75, 3.05) is 13.1 Å². The summed E-state index contributed by atoms with van der Waals surface area (Å²) in [5.41, 5.74) is 7.16. The number of benzene rings is 1. The molecule has 0 aliphatic heterocycles. The molecule has 2 bridgehead atoms. The van der Waals surface area contributed by atoms with E-state index in [4.69, 9.17) is 5.73 Å². The predicted molar refractivity (Wildman–Crippen MR) is 91.7 cm³/mol. The van der Waals surface area contributed by atoms with E-state index in [0.29, 0.717) is 11.8 Å². The monoisotopic (exact) mass is 351 g/mol. The van der Waals surface area contributed by atoms with Crippen molar-refractivity contribution in [3.05, 3.63) is 29.8 Å². The van der Waals surface area contributed by atoms with Gasteiger partial charge in [-0.3, -0.25) is 4.79 Å². The largest absolute Gasteiger partial charge is 0.354 e. The van der Waals surface area contributed by atoms with E-state index in [1.54, 1.807) is 24.3 Å². The lowest BCUT2D eigenvalue weighted by molar-refractivity contribution is -0.126. The minimum absolute atomic E-state index is 0.0377. The van der Waals surface area contributed by atoms with Crippen LogP contribution >= 0.6 is 0 Å². The molecule has 1 aromatic rings. The van der Waals surface area contributed by atoms with Crippen LogP contribution in [0.3, 0.4) is 0 Å². The summed E-state index contributed by atoms with van der Waals surface area (Å²) in [5.74, 6) is 0.724. The second kappa shape index (κ2) is 6.82. The van der Waals surface area contributed by atoms with Crippen LogP contribution in [0.5, 0.6) is 0 Å². The Bertz CT molecular complexity index is 700. The minimum Gasteiger partial charge on any atom is -0.354 e. The number of carbonyl (C=O) groups excluding carboxylic acids is 1. The molecule has 132 valence electrons. The maximum Gasteiger partial charge on any atom is 0.240 e. The molecular formula is C17H25N3O3S. The molecule has 24 heavy (non-hydrogen) atoms. The van der Waals surface area contributed by atoms with Gasteiger partial charge in [0.2, 0.25) is 15.9 Å². The van der Waals surface area contributed by atoms with Crippen LogP contribution in [-0.4, -0.2) is 33.5 Å². The third-order valence-electron chi connectivity index (χ3n) is 5.33. The van der Waals surface area contributed by atoms with E-state index in [2.05, 4.69) is 10.0 Å². The van der Waals surface area contributed by atoms with Crippen molar-refractivity contribution in [2.45, 2.75) is 37.1 Å². The van der Waals surface area contributed by atoms with E-state index in [9.17, 15) is 13.2 Å². The first-order valence-corrected chi connectivity index (χ1v) is 9.96. The van der Waals surface area contributed by atoms with Gasteiger partial charge in [0.15, 0.2) is 0 Å². The zero-order valence-electron chi connectivity index (χ0n) is 13.9. The topological polar surface area (TPSA) is 101 Å². The Labute approximate surface area is 143 Å². The summed E-state index contributed by atoms with van der Waals surface area (Å²) in [7, 11) is -3.54. The van der Waals surface area contributed by atoms with Crippen LogP contribution in [0.1, 0.15) is 24.8 Å². The van der Waals surface area contributed by atoms with Crippen LogP contribution < -0.4 is 15.8 Å². The predicted octanol–water partition coefficient (Wildman–Crippen LogP) is 0.763. The van der Waals surface area contributed by atoms with Crippen molar-refractivity contribution in [3.63, 3.8) is 0 Å². The number of nitrogens with one attached hydrogen (secondary N) is 2. The number of nitrogens with two attached hydrogens (primary N) is 1. The zero-order chi connectivity index (χ0) is 17.3. The van der Waals surface area contributed by atoms with Crippen molar-refractivity contribution >= 4 is 15.9 Å². The number of hydrogen-bond donors (Lipinski definition) is 3. The van der Waals surface area contributed by atoms with Crippen molar-refractivity contribution in [1.29, 1.82) is 0 Å². The van der Waals surface area contributed by atoms with Gasteiger partial charge in [0.05, 0.1) is 10.8 Å². The first kappa shape index (κ1) is 17.4. The summed E-state index contributed by atoms with van der Waals surface area (Å²) in [6.07, 6.45) is 3.27. The average molecular weight is 351 g/mol. The molecule has 2 fully saturated rings. The highest BCUT2D eigenvalue weighted by atomic mass is 32.2. The first-order valence-electron chi connectivity index (χ1n) is 8.48. The molecular weight excluding hydrogens is 326 g/mol. The number of sulfonamides is 1. The van der Waals surface area contributed by atoms with Crippen molar-refractivity contribution in [2.24, 2.45) is 23.5 Å². The van der Waals surface area contributed by atoms with Gasteiger partial charge in [0, 0.05) is 19.1 Å². The summed E-state index contributed by atoms with van der Waals surface area (Å²) in [5, 5.41) is 2.83. The number of rotatable bonds is 6. The summed E-state index contributed by atoms with van der Waals surface area (Å²) in [4.78, 5) is 12.5. The number of amides is 1. The molecule has 4 atom stereocenters. The standard InChI is InChI=1S/C17H25N3O3S/c1-11-2-6-14(7-3-11)24(22,23)20-9-8-19-17(21)15-12-4-5-13(10-12)16(15)18/h2-3,6-7,12-13,15-16,20H,4-5,8-10,18H2,1H3,(H,19,21). The lowest BCUT2D eigenvalue weighted by Gasteiger charge is -2.27. The van der Waals surface area contributed by atoms with Gasteiger partial charge in [-0.05, 0) is 50.2 Å². The third-order valence-corrected chi connectivity index (χ3v) is 6.81. The molecule has 1 aromatic carbocycles. The zero-order valence-corrected chi connectivity index (χ0v) is 14.7. The number of aryl methyl sites for hydroxylation is 1. The van der Waals surface area contributed by atoms with E-state index in [0.717, 1.165) is 24.8 Å². The lowest BCUT2D eigenvalue weighted by atomic mass is 9.84. The molecule has 4 N–H and O–H groups in total. The summed E-state index contributed by atoms with van der Waals surface area (Å²) in [6, 6.07) is 6.61. The average Bonchev–Trinajstić information content (AvgIpc) is 3.13. The number of hydrogen-bond acceptors (Lipinski definition) is 4. The Hall–Kier alpha value is -1.44. The Morgan fingerprint density at radius 2 is 1.83 bits per heavy atom. The molecule has 0 radical (unpaired) electrons. The molecule has 0 heterocycles. The molecule has 0 aromatic heterocycles. The second-order valence-electron chi connectivity index (χ2n) is 6.94. The Morgan fingerprint density at radius 1 is 1.17 bits per heavy atom. The molecule has 0 spiro atoms. The van der Waals surface area contributed by atoms with Crippen molar-refractivity contribution in [3.8, 4) is 0 Å². The van der Waals surface area contributed by atoms with Gasteiger partial charge < -0.3 is 11.1 Å². The van der Waals surface area contributed by atoms with Crippen LogP contribution in [0.2, 0.25) is 0 Å². The van der Waals surface area contributed by atoms with E-state index >= 15 is 0 Å². The van der Waals surface area contributed by atoms with Crippen LogP contribution in [0.25, 0.3) is 0 Å². The second-order valence-corrected chi connectivity index (χ2v) is 8.71. The van der Waals surface area contributed by atoms with Gasteiger partial charge in [-0.25, -0.2) is 13.1 Å². The maximum atomic E-state index is 12.3. The fraction of sp³-hybridized carbons (Fsp3) is 0.588. The minimum atomic E-state index is -3.54. The maximum absolute atomic E-state index is 12.3. The first-order chi connectivity index (χ1) is 11.4. The normalized spacial score (nSPS) is 28.9. The van der Waals surface area contributed by atoms with Crippen molar-refractivity contribution < 1.29 is 13.2 Å². The molecule has 4 unspecified atom stereocenters. The molecule has 2 aliphatic rings. The molecule has 0 saturated heterocycles. The summed E-state index contributed by atoms with van der Waals surface area (Å²) < 4.78 is 26.8. The lowest BCUT2D eigenvalue weighted by Crippen LogP contribution is -2.46. The van der Waals surface area contributed by atoms with E-state index in [1.165, 1.54) is 0 Å². The van der Waals surface area contributed by atoms with E-state index in [-0.39, 0.29) is 35.9 Å². The van der Waals surface area contributed by atoms with Crippen molar-refractivity contribution in [1.82, 2.24) is 10.0 Å². The number of carbonyl (C=O) groups is 1. The Balaban J connectivity index is 1.47. The van der Waals surface area contributed by atoms with Gasteiger partial charge in [-0.2, -0.15) is 0 Å². The van der Waals surface area contributed by atoms with Gasteiger partial charge in [-0.1, -0.05) is 17.7 Å². The van der Waals surface area contributed by atoms with Gasteiger partial charge in [-0.15, -0.1) is 0 Å². The fourth-order valence-electron chi connectivity index (χ4n) is 4.01. The van der Waals surface area contributed by atoms with Crippen LogP contribution in [0.15, 0.2) is 29.2 Å². The Morgan fingerprint density at radius 3 is 2.46 bits per heavy atom. The summed E-state index contributed by atoms with van der Waals surface area (Å²) in [6.45, 7) is 2.34. The molecule has 2 aliphatic carbocycles. The highest BCUT2D eigenvalue weighted by molar-refractivity contribution is 7.89. The molecule has 1 amide bonds. The van der Waals surface area contributed by atoms with Crippen LogP contribution in [0.4, 0.5) is 0 Å². The van der Waals surface area contributed by atoms with Crippen LogP contribution in [-0.2, 0) is 14.8 Å². The molecule has 2 saturated carbocycles. The van der Waals surface area contributed by atoms with Crippen LogP contribution in [0, 0.1) is 24.7 Å². The smallest absolute Gasteiger partial charge is 0.240 e. The summed E-state index contributed by atoms with van der Waals surface area (Å²) >= 11 is 0.